The average Bonchev–Trinajstić information content (AvgIpc) is 2.58. The number of amides is 1. The number of ether oxygens (including phenoxy) is 1. The largest absolute Gasteiger partial charge is 0.457 e. The summed E-state index contributed by atoms with van der Waals surface area (Å²) in [5.74, 6) is 1.27. The molecule has 5 heteroatoms. The number of oxime groups is 1. The fourth-order valence-corrected chi connectivity index (χ4v) is 2.29. The minimum atomic E-state index is -0.263. The van der Waals surface area contributed by atoms with E-state index in [4.69, 9.17) is 9.57 Å². The molecule has 0 spiro atoms. The van der Waals surface area contributed by atoms with Crippen LogP contribution in [0.3, 0.4) is 0 Å². The van der Waals surface area contributed by atoms with Crippen molar-refractivity contribution in [1.82, 2.24) is 5.32 Å². The van der Waals surface area contributed by atoms with E-state index in [9.17, 15) is 4.79 Å². The Kier molecular flexibility index (Phi) is 5.95. The normalized spacial score (nSPS) is 11.1. The molecule has 0 aliphatic rings. The van der Waals surface area contributed by atoms with Crippen molar-refractivity contribution >= 4 is 11.6 Å². The quantitative estimate of drug-likeness (QED) is 0.654. The van der Waals surface area contributed by atoms with E-state index in [1.54, 1.807) is 7.05 Å². The first-order valence-corrected chi connectivity index (χ1v) is 7.70. The summed E-state index contributed by atoms with van der Waals surface area (Å²) in [5, 5.41) is 6.39. The second-order valence-corrected chi connectivity index (χ2v) is 5.43. The number of rotatable bonds is 6. The molecule has 0 fully saturated rings. The molecule has 1 N–H and O–H groups in total. The smallest absolute Gasteiger partial charge is 0.269 e. The van der Waals surface area contributed by atoms with Crippen LogP contribution in [0.25, 0.3) is 0 Å². The predicted octanol–water partition coefficient (Wildman–Crippen LogP) is 3.39. The van der Waals surface area contributed by atoms with E-state index in [0.29, 0.717) is 12.1 Å². The van der Waals surface area contributed by atoms with Crippen LogP contribution >= 0.6 is 0 Å². The minimum Gasteiger partial charge on any atom is -0.457 e. The molecule has 0 aliphatic heterocycles. The Morgan fingerprint density at radius 3 is 2.54 bits per heavy atom. The zero-order valence-electron chi connectivity index (χ0n) is 14.4. The van der Waals surface area contributed by atoms with Crippen molar-refractivity contribution in [2.45, 2.75) is 20.3 Å². The van der Waals surface area contributed by atoms with Crippen molar-refractivity contribution in [2.24, 2.45) is 5.16 Å². The second-order valence-electron chi connectivity index (χ2n) is 5.43. The number of hydrogen-bond acceptors (Lipinski definition) is 4. The summed E-state index contributed by atoms with van der Waals surface area (Å²) in [5.41, 5.74) is 3.39. The lowest BCUT2D eigenvalue weighted by Crippen LogP contribution is -2.29. The van der Waals surface area contributed by atoms with Crippen molar-refractivity contribution in [1.29, 1.82) is 0 Å². The fraction of sp³-hybridized carbons (Fsp3) is 0.263. The topological polar surface area (TPSA) is 59.9 Å². The van der Waals surface area contributed by atoms with Gasteiger partial charge in [-0.3, -0.25) is 4.79 Å². The maximum atomic E-state index is 11.9. The number of nitrogens with zero attached hydrogens (tertiary/aromatic N) is 1. The van der Waals surface area contributed by atoms with E-state index in [0.717, 1.165) is 28.2 Å². The maximum absolute atomic E-state index is 11.9. The fourth-order valence-electron chi connectivity index (χ4n) is 2.29. The highest BCUT2D eigenvalue weighted by Crippen LogP contribution is 2.26. The number of nitrogens with one attached hydrogen (secondary N) is 1. The van der Waals surface area contributed by atoms with Gasteiger partial charge in [0.25, 0.3) is 5.91 Å². The molecule has 0 unspecified atom stereocenters. The maximum Gasteiger partial charge on any atom is 0.269 e. The Balaban J connectivity index is 2.27. The van der Waals surface area contributed by atoms with Crippen LogP contribution in [0.4, 0.5) is 0 Å². The van der Waals surface area contributed by atoms with Crippen LogP contribution in [0.15, 0.2) is 47.6 Å². The van der Waals surface area contributed by atoms with Gasteiger partial charge in [0.05, 0.1) is 0 Å². The summed E-state index contributed by atoms with van der Waals surface area (Å²) < 4.78 is 5.96. The van der Waals surface area contributed by atoms with Crippen molar-refractivity contribution in [3.8, 4) is 11.5 Å². The van der Waals surface area contributed by atoms with Gasteiger partial charge in [0.15, 0.2) is 0 Å². The summed E-state index contributed by atoms with van der Waals surface area (Å²) in [6.07, 6.45) is 0.365. The van der Waals surface area contributed by atoms with Gasteiger partial charge >= 0.3 is 0 Å². The third-order valence-electron chi connectivity index (χ3n) is 3.69. The predicted molar refractivity (Wildman–Crippen MR) is 94.6 cm³/mol. The lowest BCUT2D eigenvalue weighted by Gasteiger charge is -2.12. The van der Waals surface area contributed by atoms with Gasteiger partial charge in [-0.05, 0) is 48.7 Å². The molecule has 0 saturated carbocycles. The zero-order valence-corrected chi connectivity index (χ0v) is 14.4. The Hall–Kier alpha value is -2.82. The molecule has 2 aromatic rings. The standard InChI is InChI=1S/C19H22N2O3/c1-13-9-10-16(24-18-8-6-5-7-14(18)2)11-15(13)12-17(21-23-4)19(22)20-3/h5-11H,12H2,1-4H3,(H,20,22)/b21-17+. The lowest BCUT2D eigenvalue weighted by atomic mass is 10.0. The molecule has 2 aromatic carbocycles. The SMILES string of the molecule is CNC(=O)/C(Cc1cc(Oc2ccccc2C)ccc1C)=N/OC. The Labute approximate surface area is 142 Å². The van der Waals surface area contributed by atoms with Crippen LogP contribution in [0.1, 0.15) is 16.7 Å². The van der Waals surface area contributed by atoms with Gasteiger partial charge in [-0.2, -0.15) is 0 Å². The van der Waals surface area contributed by atoms with Crippen LogP contribution < -0.4 is 10.1 Å². The zero-order chi connectivity index (χ0) is 17.5. The molecule has 5 nitrogen and oxygen atoms in total. The molecule has 0 heterocycles. The molecular formula is C19H22N2O3. The molecule has 0 aliphatic carbocycles. The van der Waals surface area contributed by atoms with Crippen LogP contribution in [0, 0.1) is 13.8 Å². The molecule has 1 amide bonds. The average molecular weight is 326 g/mol. The summed E-state index contributed by atoms with van der Waals surface area (Å²) in [4.78, 5) is 16.7. The highest BCUT2D eigenvalue weighted by Gasteiger charge is 2.14. The minimum absolute atomic E-state index is 0.263. The monoisotopic (exact) mass is 326 g/mol. The molecule has 24 heavy (non-hydrogen) atoms. The van der Waals surface area contributed by atoms with Gasteiger partial charge in [-0.1, -0.05) is 29.4 Å². The third kappa shape index (κ3) is 4.35. The van der Waals surface area contributed by atoms with E-state index >= 15 is 0 Å². The number of para-hydroxylation sites is 1. The third-order valence-corrected chi connectivity index (χ3v) is 3.69. The summed E-state index contributed by atoms with van der Waals surface area (Å²) in [6.45, 7) is 3.99. The Morgan fingerprint density at radius 2 is 1.88 bits per heavy atom. The summed E-state index contributed by atoms with van der Waals surface area (Å²) >= 11 is 0. The first kappa shape index (κ1) is 17.5. The van der Waals surface area contributed by atoms with E-state index in [1.165, 1.54) is 7.11 Å². The second kappa shape index (κ2) is 8.15. The van der Waals surface area contributed by atoms with Crippen LogP contribution in [-0.2, 0) is 16.1 Å². The molecule has 0 radical (unpaired) electrons. The van der Waals surface area contributed by atoms with Crippen LogP contribution in [0.2, 0.25) is 0 Å². The van der Waals surface area contributed by atoms with Gasteiger partial charge in [0, 0.05) is 13.5 Å². The Bertz CT molecular complexity index is 754. The molecule has 126 valence electrons. The number of benzene rings is 2. The van der Waals surface area contributed by atoms with Crippen molar-refractivity contribution in [3.05, 3.63) is 59.2 Å². The highest BCUT2D eigenvalue weighted by molar-refractivity contribution is 6.39. The van der Waals surface area contributed by atoms with Crippen molar-refractivity contribution < 1.29 is 14.4 Å². The molecular weight excluding hydrogens is 304 g/mol. The summed E-state index contributed by atoms with van der Waals surface area (Å²) in [7, 11) is 2.99. The van der Waals surface area contributed by atoms with Gasteiger partial charge in [0.2, 0.25) is 0 Å². The number of hydrogen-bond donors (Lipinski definition) is 1. The first-order valence-electron chi connectivity index (χ1n) is 7.70. The van der Waals surface area contributed by atoms with Crippen molar-refractivity contribution in [2.75, 3.05) is 14.2 Å². The van der Waals surface area contributed by atoms with Gasteiger partial charge in [0.1, 0.15) is 24.3 Å². The Morgan fingerprint density at radius 1 is 1.12 bits per heavy atom. The molecule has 2 rings (SSSR count). The molecule has 0 saturated heterocycles. The molecule has 0 atom stereocenters. The number of aryl methyl sites for hydroxylation is 2. The lowest BCUT2D eigenvalue weighted by molar-refractivity contribution is -0.114. The van der Waals surface area contributed by atoms with Crippen LogP contribution in [-0.4, -0.2) is 25.8 Å². The highest BCUT2D eigenvalue weighted by atomic mass is 16.6. The van der Waals surface area contributed by atoms with E-state index < -0.39 is 0 Å². The van der Waals surface area contributed by atoms with E-state index in [-0.39, 0.29) is 5.91 Å². The van der Waals surface area contributed by atoms with Gasteiger partial charge in [-0.25, -0.2) is 0 Å². The van der Waals surface area contributed by atoms with Gasteiger partial charge in [-0.15, -0.1) is 0 Å². The summed E-state index contributed by atoms with van der Waals surface area (Å²) in [6, 6.07) is 13.6. The van der Waals surface area contributed by atoms with E-state index in [1.807, 2.05) is 56.3 Å². The van der Waals surface area contributed by atoms with Crippen molar-refractivity contribution in [3.63, 3.8) is 0 Å². The van der Waals surface area contributed by atoms with Gasteiger partial charge < -0.3 is 14.9 Å². The van der Waals surface area contributed by atoms with Crippen LogP contribution in [0.5, 0.6) is 11.5 Å². The van der Waals surface area contributed by atoms with E-state index in [2.05, 4.69) is 10.5 Å². The first-order chi connectivity index (χ1) is 11.5. The number of carbonyl (C=O) groups excluding carboxylic acids is 1. The molecule has 0 aromatic heterocycles. The molecule has 0 bridgehead atoms. The number of carbonyl (C=O) groups is 1.